The molecule has 0 amide bonds. The number of thiocyanates is 1. The monoisotopic (exact) mass is 202 g/mol. The number of nitrogens with zero attached hydrogens (tertiary/aromatic N) is 2. The van der Waals surface area contributed by atoms with Gasteiger partial charge in [-0.3, -0.25) is 4.98 Å². The minimum absolute atomic E-state index is 0.142. The summed E-state index contributed by atoms with van der Waals surface area (Å²) in [6, 6.07) is 6.88. The maximum atomic E-state index is 9.51. The number of rotatable bonds is 1. The van der Waals surface area contributed by atoms with Gasteiger partial charge in [0.25, 0.3) is 0 Å². The summed E-state index contributed by atoms with van der Waals surface area (Å²) in [4.78, 5) is 4.86. The van der Waals surface area contributed by atoms with Crippen LogP contribution in [-0.2, 0) is 0 Å². The van der Waals surface area contributed by atoms with Crippen molar-refractivity contribution >= 4 is 22.7 Å². The van der Waals surface area contributed by atoms with Crippen molar-refractivity contribution in [2.75, 3.05) is 0 Å². The third-order valence-corrected chi connectivity index (χ3v) is 2.53. The van der Waals surface area contributed by atoms with Crippen LogP contribution in [0.15, 0.2) is 35.4 Å². The van der Waals surface area contributed by atoms with Gasteiger partial charge >= 0.3 is 0 Å². The normalized spacial score (nSPS) is 9.93. The fourth-order valence-corrected chi connectivity index (χ4v) is 1.78. The van der Waals surface area contributed by atoms with Crippen LogP contribution in [-0.4, -0.2) is 10.1 Å². The van der Waals surface area contributed by atoms with Crippen LogP contribution in [0, 0.1) is 10.7 Å². The van der Waals surface area contributed by atoms with Crippen LogP contribution in [0.5, 0.6) is 5.75 Å². The molecule has 1 N–H and O–H groups in total. The average Bonchev–Trinajstić information content (AvgIpc) is 2.23. The van der Waals surface area contributed by atoms with Crippen molar-refractivity contribution in [2.45, 2.75) is 4.90 Å². The number of nitriles is 1. The highest BCUT2D eigenvalue weighted by Crippen LogP contribution is 2.31. The minimum Gasteiger partial charge on any atom is -0.506 e. The second kappa shape index (κ2) is 3.56. The van der Waals surface area contributed by atoms with E-state index in [0.29, 0.717) is 5.52 Å². The Morgan fingerprint density at radius 2 is 2.21 bits per heavy atom. The molecule has 2 rings (SSSR count). The van der Waals surface area contributed by atoms with Gasteiger partial charge in [0.05, 0.1) is 0 Å². The Labute approximate surface area is 85.0 Å². The molecule has 2 aromatic rings. The zero-order valence-electron chi connectivity index (χ0n) is 7.14. The van der Waals surface area contributed by atoms with Crippen molar-refractivity contribution in [1.82, 2.24) is 4.98 Å². The molecule has 0 saturated carbocycles. The highest BCUT2D eigenvalue weighted by Gasteiger charge is 2.05. The molecule has 0 spiro atoms. The number of fused-ring (bicyclic) bond motifs is 1. The van der Waals surface area contributed by atoms with Gasteiger partial charge in [-0.25, -0.2) is 0 Å². The second-order valence-electron chi connectivity index (χ2n) is 2.68. The summed E-state index contributed by atoms with van der Waals surface area (Å²) in [6.45, 7) is 0. The first-order chi connectivity index (χ1) is 6.83. The number of aromatic nitrogens is 1. The minimum atomic E-state index is 0.142. The Morgan fingerprint density at radius 3 is 3.00 bits per heavy atom. The van der Waals surface area contributed by atoms with Crippen LogP contribution >= 0.6 is 11.8 Å². The average molecular weight is 202 g/mol. The van der Waals surface area contributed by atoms with Gasteiger partial charge in [-0.05, 0) is 36.0 Å². The Morgan fingerprint density at radius 1 is 1.36 bits per heavy atom. The van der Waals surface area contributed by atoms with Crippen LogP contribution in [0.2, 0.25) is 0 Å². The molecule has 0 saturated heterocycles. The molecule has 4 heteroatoms. The van der Waals surface area contributed by atoms with Crippen LogP contribution in [0.3, 0.4) is 0 Å². The standard InChI is InChI=1S/C10H6N2OS/c11-6-14-9-4-3-8(13)10-7(9)2-1-5-12-10/h1-5,13H. The fourth-order valence-electron chi connectivity index (χ4n) is 1.27. The zero-order valence-corrected chi connectivity index (χ0v) is 7.95. The largest absolute Gasteiger partial charge is 0.506 e. The van der Waals surface area contributed by atoms with E-state index in [0.717, 1.165) is 22.0 Å². The van der Waals surface area contributed by atoms with Crippen molar-refractivity contribution in [3.05, 3.63) is 30.5 Å². The van der Waals surface area contributed by atoms with Gasteiger partial charge in [0.1, 0.15) is 16.7 Å². The number of hydrogen-bond donors (Lipinski definition) is 1. The number of hydrogen-bond acceptors (Lipinski definition) is 4. The molecule has 0 aliphatic heterocycles. The third kappa shape index (κ3) is 1.38. The van der Waals surface area contributed by atoms with Gasteiger partial charge in [0, 0.05) is 16.5 Å². The first kappa shape index (κ1) is 8.85. The lowest BCUT2D eigenvalue weighted by Crippen LogP contribution is -1.80. The van der Waals surface area contributed by atoms with Gasteiger partial charge in [0.15, 0.2) is 0 Å². The first-order valence-corrected chi connectivity index (χ1v) is 4.77. The summed E-state index contributed by atoms with van der Waals surface area (Å²) >= 11 is 1.07. The highest BCUT2D eigenvalue weighted by molar-refractivity contribution is 8.04. The predicted molar refractivity (Wildman–Crippen MR) is 54.9 cm³/mol. The molecule has 0 aliphatic rings. The number of phenols is 1. The highest BCUT2D eigenvalue weighted by atomic mass is 32.2. The molecule has 0 aliphatic carbocycles. The Balaban J connectivity index is 2.76. The molecule has 0 unspecified atom stereocenters. The Kier molecular flexibility index (Phi) is 2.25. The summed E-state index contributed by atoms with van der Waals surface area (Å²) in [7, 11) is 0. The molecule has 3 nitrogen and oxygen atoms in total. The lowest BCUT2D eigenvalue weighted by Gasteiger charge is -2.02. The molecular formula is C10H6N2OS. The van der Waals surface area contributed by atoms with Crippen LogP contribution in [0.4, 0.5) is 0 Å². The lowest BCUT2D eigenvalue weighted by molar-refractivity contribution is 0.480. The van der Waals surface area contributed by atoms with E-state index in [2.05, 4.69) is 4.98 Å². The molecule has 0 fully saturated rings. The molecule has 1 aromatic carbocycles. The zero-order chi connectivity index (χ0) is 9.97. The van der Waals surface area contributed by atoms with Crippen molar-refractivity contribution in [1.29, 1.82) is 5.26 Å². The number of pyridine rings is 1. The maximum absolute atomic E-state index is 9.51. The van der Waals surface area contributed by atoms with Crippen LogP contribution in [0.25, 0.3) is 10.9 Å². The van der Waals surface area contributed by atoms with E-state index in [-0.39, 0.29) is 5.75 Å². The van der Waals surface area contributed by atoms with E-state index in [4.69, 9.17) is 5.26 Å². The van der Waals surface area contributed by atoms with E-state index in [1.54, 1.807) is 24.4 Å². The van der Waals surface area contributed by atoms with E-state index < -0.39 is 0 Å². The molecule has 68 valence electrons. The Bertz CT molecular complexity index is 519. The summed E-state index contributed by atoms with van der Waals surface area (Å²) < 4.78 is 0. The maximum Gasteiger partial charge on any atom is 0.141 e. The van der Waals surface area contributed by atoms with Crippen molar-refractivity contribution in [2.24, 2.45) is 0 Å². The quantitative estimate of drug-likeness (QED) is 0.570. The van der Waals surface area contributed by atoms with Crippen molar-refractivity contribution in [3.63, 3.8) is 0 Å². The van der Waals surface area contributed by atoms with E-state index >= 15 is 0 Å². The number of thioether (sulfide) groups is 1. The number of aromatic hydroxyl groups is 1. The van der Waals surface area contributed by atoms with Crippen LogP contribution < -0.4 is 0 Å². The second-order valence-corrected chi connectivity index (χ2v) is 3.50. The van der Waals surface area contributed by atoms with Gasteiger partial charge in [-0.2, -0.15) is 5.26 Å². The van der Waals surface area contributed by atoms with Crippen molar-refractivity contribution in [3.8, 4) is 11.2 Å². The summed E-state index contributed by atoms with van der Waals surface area (Å²) in [5.74, 6) is 0.142. The predicted octanol–water partition coefficient (Wildman–Crippen LogP) is 2.51. The summed E-state index contributed by atoms with van der Waals surface area (Å²) in [6.07, 6.45) is 1.61. The Hall–Kier alpha value is -1.73. The van der Waals surface area contributed by atoms with E-state index in [1.165, 1.54) is 0 Å². The molecule has 0 bridgehead atoms. The fraction of sp³-hybridized carbons (Fsp3) is 0. The molecule has 0 atom stereocenters. The summed E-state index contributed by atoms with van der Waals surface area (Å²) in [5.41, 5.74) is 0.535. The number of benzene rings is 1. The topological polar surface area (TPSA) is 56.9 Å². The molecule has 14 heavy (non-hydrogen) atoms. The lowest BCUT2D eigenvalue weighted by atomic mass is 10.2. The molecular weight excluding hydrogens is 196 g/mol. The van der Waals surface area contributed by atoms with Crippen LogP contribution in [0.1, 0.15) is 0 Å². The smallest absolute Gasteiger partial charge is 0.141 e. The molecule has 0 radical (unpaired) electrons. The van der Waals surface area contributed by atoms with E-state index in [1.807, 2.05) is 11.5 Å². The van der Waals surface area contributed by atoms with E-state index in [9.17, 15) is 5.11 Å². The SMILES string of the molecule is N#CSc1ccc(O)c2ncccc12. The van der Waals surface area contributed by atoms with Gasteiger partial charge in [0.2, 0.25) is 0 Å². The number of phenolic OH excluding ortho intramolecular Hbond substituents is 1. The van der Waals surface area contributed by atoms with Gasteiger partial charge in [-0.15, -0.1) is 0 Å². The molecule has 1 aromatic heterocycles. The third-order valence-electron chi connectivity index (χ3n) is 1.86. The molecule has 1 heterocycles. The first-order valence-electron chi connectivity index (χ1n) is 3.95. The van der Waals surface area contributed by atoms with Gasteiger partial charge < -0.3 is 5.11 Å². The van der Waals surface area contributed by atoms with Crippen molar-refractivity contribution < 1.29 is 5.11 Å². The summed E-state index contributed by atoms with van der Waals surface area (Å²) in [5, 5.41) is 20.9. The van der Waals surface area contributed by atoms with Gasteiger partial charge in [-0.1, -0.05) is 0 Å².